The monoisotopic (exact) mass is 469 g/mol. The zero-order valence-electron chi connectivity index (χ0n) is 17.8. The van der Waals surface area contributed by atoms with Gasteiger partial charge in [-0.05, 0) is 43.5 Å². The Bertz CT molecular complexity index is 1200. The molecule has 2 amide bonds. The lowest BCUT2D eigenvalue weighted by Gasteiger charge is -2.28. The average molecular weight is 470 g/mol. The number of piperidine rings is 1. The highest BCUT2D eigenvalue weighted by Crippen LogP contribution is 2.44. The number of nitrogens with one attached hydrogen (secondary N) is 1. The minimum absolute atomic E-state index is 0.0663. The third-order valence-electron chi connectivity index (χ3n) is 6.00. The van der Waals surface area contributed by atoms with Crippen molar-refractivity contribution in [1.29, 1.82) is 0 Å². The molecule has 1 aromatic carbocycles. The van der Waals surface area contributed by atoms with E-state index in [0.717, 1.165) is 63.5 Å². The second kappa shape index (κ2) is 8.71. The van der Waals surface area contributed by atoms with Gasteiger partial charge in [0.15, 0.2) is 6.10 Å². The average Bonchev–Trinajstić information content (AvgIpc) is 3.41. The van der Waals surface area contributed by atoms with Gasteiger partial charge in [-0.15, -0.1) is 11.3 Å². The molecule has 4 heterocycles. The number of hydrogen-bond donors (Lipinski definition) is 1. The lowest BCUT2D eigenvalue weighted by molar-refractivity contribution is -0.138. The maximum Gasteiger partial charge on any atom is 0.263 e. The standard InChI is InChI=1S/C24H24ClN3O3S/c1-14(29)27-13-17-12-20-23(32-17)18(5-6-26-20)19-11-16(25)9-15-10-21(31-22(15)19)24(30)28-7-3-2-4-8-28/h5-6,9,11-12,21H,2-4,7-8,10,13H2,1H3,(H,27,29). The van der Waals surface area contributed by atoms with E-state index in [1.807, 2.05) is 29.2 Å². The summed E-state index contributed by atoms with van der Waals surface area (Å²) in [6.07, 6.45) is 5.08. The van der Waals surface area contributed by atoms with Gasteiger partial charge in [-0.2, -0.15) is 0 Å². The van der Waals surface area contributed by atoms with Crippen LogP contribution in [0.4, 0.5) is 0 Å². The van der Waals surface area contributed by atoms with Gasteiger partial charge in [-0.1, -0.05) is 11.6 Å². The maximum absolute atomic E-state index is 13.1. The molecular formula is C24H24ClN3O3S. The smallest absolute Gasteiger partial charge is 0.263 e. The molecule has 0 aliphatic carbocycles. The van der Waals surface area contributed by atoms with Crippen molar-refractivity contribution < 1.29 is 14.3 Å². The van der Waals surface area contributed by atoms with E-state index in [1.54, 1.807) is 17.5 Å². The molecule has 1 atom stereocenters. The van der Waals surface area contributed by atoms with E-state index >= 15 is 0 Å². The highest BCUT2D eigenvalue weighted by molar-refractivity contribution is 7.19. The number of aromatic nitrogens is 1. The summed E-state index contributed by atoms with van der Waals surface area (Å²) in [6, 6.07) is 7.75. The number of nitrogens with zero attached hydrogens (tertiary/aromatic N) is 2. The van der Waals surface area contributed by atoms with Gasteiger partial charge < -0.3 is 15.0 Å². The van der Waals surface area contributed by atoms with Crippen LogP contribution in [0.3, 0.4) is 0 Å². The van der Waals surface area contributed by atoms with Gasteiger partial charge >= 0.3 is 0 Å². The first-order chi connectivity index (χ1) is 15.5. The van der Waals surface area contributed by atoms with E-state index in [-0.39, 0.29) is 11.8 Å². The minimum Gasteiger partial charge on any atom is -0.479 e. The number of carbonyl (C=O) groups excluding carboxylic acids is 2. The highest BCUT2D eigenvalue weighted by atomic mass is 35.5. The minimum atomic E-state index is -0.503. The van der Waals surface area contributed by atoms with Crippen LogP contribution < -0.4 is 10.1 Å². The predicted molar refractivity (Wildman–Crippen MR) is 126 cm³/mol. The topological polar surface area (TPSA) is 71.5 Å². The fourth-order valence-corrected chi connectivity index (χ4v) is 5.80. The molecule has 166 valence electrons. The number of hydrogen-bond acceptors (Lipinski definition) is 5. The fourth-order valence-electron chi connectivity index (χ4n) is 4.48. The molecule has 2 aliphatic heterocycles. The van der Waals surface area contributed by atoms with E-state index < -0.39 is 6.10 Å². The van der Waals surface area contributed by atoms with Crippen LogP contribution in [-0.2, 0) is 22.6 Å². The number of ether oxygens (including phenoxy) is 1. The van der Waals surface area contributed by atoms with Crippen molar-refractivity contribution in [2.45, 2.75) is 45.3 Å². The number of thiophene rings is 1. The van der Waals surface area contributed by atoms with Crippen LogP contribution in [0.25, 0.3) is 21.3 Å². The Hall–Kier alpha value is -2.64. The van der Waals surface area contributed by atoms with Crippen LogP contribution in [0.5, 0.6) is 5.75 Å². The molecular weight excluding hydrogens is 446 g/mol. The third-order valence-corrected chi connectivity index (χ3v) is 7.38. The van der Waals surface area contributed by atoms with Crippen LogP contribution in [0, 0.1) is 0 Å². The van der Waals surface area contributed by atoms with Crippen LogP contribution in [-0.4, -0.2) is 40.9 Å². The molecule has 32 heavy (non-hydrogen) atoms. The Kier molecular flexibility index (Phi) is 5.78. The number of amides is 2. The fraction of sp³-hybridized carbons (Fsp3) is 0.375. The number of pyridine rings is 1. The molecule has 3 aromatic rings. The zero-order valence-corrected chi connectivity index (χ0v) is 19.4. The molecule has 0 spiro atoms. The Morgan fingerprint density at radius 2 is 2.03 bits per heavy atom. The Morgan fingerprint density at radius 3 is 2.81 bits per heavy atom. The van der Waals surface area contributed by atoms with E-state index in [4.69, 9.17) is 16.3 Å². The predicted octanol–water partition coefficient (Wildman–Crippen LogP) is 4.57. The Balaban J connectivity index is 1.49. The molecule has 0 bridgehead atoms. The first kappa shape index (κ1) is 21.2. The lowest BCUT2D eigenvalue weighted by Crippen LogP contribution is -2.43. The van der Waals surface area contributed by atoms with Crippen molar-refractivity contribution in [2.24, 2.45) is 0 Å². The third kappa shape index (κ3) is 4.07. The van der Waals surface area contributed by atoms with Crippen molar-refractivity contribution >= 4 is 45.0 Å². The van der Waals surface area contributed by atoms with Crippen molar-refractivity contribution in [3.05, 3.63) is 45.9 Å². The van der Waals surface area contributed by atoms with Gasteiger partial charge in [-0.25, -0.2) is 0 Å². The zero-order chi connectivity index (χ0) is 22.2. The maximum atomic E-state index is 13.1. The summed E-state index contributed by atoms with van der Waals surface area (Å²) in [5.74, 6) is 0.728. The molecule has 6 nitrogen and oxygen atoms in total. The number of benzene rings is 1. The van der Waals surface area contributed by atoms with Crippen molar-refractivity contribution in [3.8, 4) is 16.9 Å². The lowest BCUT2D eigenvalue weighted by atomic mass is 10.0. The molecule has 0 saturated carbocycles. The van der Waals surface area contributed by atoms with Gasteiger partial charge in [0.25, 0.3) is 5.91 Å². The molecule has 8 heteroatoms. The van der Waals surface area contributed by atoms with Crippen LogP contribution in [0.15, 0.2) is 30.5 Å². The number of halogens is 1. The SMILES string of the molecule is CC(=O)NCc1cc2nccc(-c3cc(Cl)cc4c3OC(C(=O)N3CCCCC3)C4)c2s1. The van der Waals surface area contributed by atoms with E-state index in [0.29, 0.717) is 18.0 Å². The van der Waals surface area contributed by atoms with Gasteiger partial charge in [0.1, 0.15) is 5.75 Å². The van der Waals surface area contributed by atoms with Crippen LogP contribution >= 0.6 is 22.9 Å². The number of carbonyl (C=O) groups is 2. The first-order valence-electron chi connectivity index (χ1n) is 10.9. The summed E-state index contributed by atoms with van der Waals surface area (Å²) >= 11 is 8.08. The van der Waals surface area contributed by atoms with Crippen LogP contribution in [0.1, 0.15) is 36.6 Å². The van der Waals surface area contributed by atoms with Crippen molar-refractivity contribution in [1.82, 2.24) is 15.2 Å². The van der Waals surface area contributed by atoms with E-state index in [1.165, 1.54) is 13.3 Å². The molecule has 1 fully saturated rings. The highest BCUT2D eigenvalue weighted by Gasteiger charge is 2.35. The van der Waals surface area contributed by atoms with Gasteiger partial charge in [0.2, 0.25) is 5.91 Å². The summed E-state index contributed by atoms with van der Waals surface area (Å²) in [5.41, 5.74) is 3.67. The summed E-state index contributed by atoms with van der Waals surface area (Å²) in [4.78, 5) is 31.8. The molecule has 0 radical (unpaired) electrons. The molecule has 5 rings (SSSR count). The van der Waals surface area contributed by atoms with Gasteiger partial charge in [0.05, 0.1) is 16.8 Å². The second-order valence-electron chi connectivity index (χ2n) is 8.33. The number of rotatable bonds is 4. The largest absolute Gasteiger partial charge is 0.479 e. The van der Waals surface area contributed by atoms with Crippen molar-refractivity contribution in [3.63, 3.8) is 0 Å². The van der Waals surface area contributed by atoms with Crippen molar-refractivity contribution in [2.75, 3.05) is 13.1 Å². The van der Waals surface area contributed by atoms with E-state index in [2.05, 4.69) is 10.3 Å². The van der Waals surface area contributed by atoms with Crippen LogP contribution in [0.2, 0.25) is 5.02 Å². The quantitative estimate of drug-likeness (QED) is 0.607. The van der Waals surface area contributed by atoms with E-state index in [9.17, 15) is 9.59 Å². The molecule has 1 unspecified atom stereocenters. The Labute approximate surface area is 195 Å². The Morgan fingerprint density at radius 1 is 1.22 bits per heavy atom. The molecule has 1 N–H and O–H groups in total. The second-order valence-corrected chi connectivity index (χ2v) is 9.91. The first-order valence-corrected chi connectivity index (χ1v) is 12.1. The molecule has 2 aromatic heterocycles. The van der Waals surface area contributed by atoms with Gasteiger partial charge in [0, 0.05) is 59.2 Å². The normalized spacial score (nSPS) is 17.8. The number of fused-ring (bicyclic) bond motifs is 2. The summed E-state index contributed by atoms with van der Waals surface area (Å²) < 4.78 is 7.28. The molecule has 2 aliphatic rings. The molecule has 1 saturated heterocycles. The van der Waals surface area contributed by atoms with Gasteiger partial charge in [-0.3, -0.25) is 14.6 Å². The summed E-state index contributed by atoms with van der Waals surface area (Å²) in [5, 5.41) is 3.46. The summed E-state index contributed by atoms with van der Waals surface area (Å²) in [6.45, 7) is 3.58. The summed E-state index contributed by atoms with van der Waals surface area (Å²) in [7, 11) is 0. The number of likely N-dealkylation sites (tertiary alicyclic amines) is 1.